The number of aromatic amines is 1. The molecule has 2 N–H and O–H groups in total. The number of rotatable bonds is 4. The number of H-pyrrole nitrogens is 1. The maximum atomic E-state index is 13.4. The summed E-state index contributed by atoms with van der Waals surface area (Å²) in [5, 5.41) is 5.67. The van der Waals surface area contributed by atoms with Crippen molar-refractivity contribution in [3.8, 4) is 11.4 Å². The van der Waals surface area contributed by atoms with Crippen LogP contribution in [0.15, 0.2) is 77.9 Å². The summed E-state index contributed by atoms with van der Waals surface area (Å²) in [6.07, 6.45) is 3.59. The van der Waals surface area contributed by atoms with Gasteiger partial charge in [-0.1, -0.05) is 29.8 Å². The fourth-order valence-electron chi connectivity index (χ4n) is 3.69. The Balaban J connectivity index is 0.00000231. The van der Waals surface area contributed by atoms with E-state index in [9.17, 15) is 4.79 Å². The third-order valence-electron chi connectivity index (χ3n) is 5.16. The van der Waals surface area contributed by atoms with Crippen LogP contribution in [-0.2, 0) is 6.54 Å². The van der Waals surface area contributed by atoms with Crippen LogP contribution in [0.2, 0.25) is 5.15 Å². The van der Waals surface area contributed by atoms with Crippen molar-refractivity contribution < 1.29 is 14.8 Å². The number of fused-ring (bicyclic) bond motifs is 3. The Bertz CT molecular complexity index is 1420. The Morgan fingerprint density at radius 1 is 1.10 bits per heavy atom. The van der Waals surface area contributed by atoms with Gasteiger partial charge in [-0.15, -0.1) is 0 Å². The van der Waals surface area contributed by atoms with Crippen LogP contribution in [0, 0.1) is 0 Å². The standard InChI is InChI=1S/C23H17ClN4O2.H2O/c1-30-18-9-6-15(7-10-18)13-27-14-16-4-2-3-5-19(16)21-22(27)23(29)28(26-21)17-8-11-20(24)25-12-17;/h2-12,14H,13H2,1H3;1H2. The van der Waals surface area contributed by atoms with Gasteiger partial charge < -0.3 is 10.2 Å². The van der Waals surface area contributed by atoms with Gasteiger partial charge in [-0.25, -0.2) is 9.67 Å². The number of hydrogen-bond donors (Lipinski definition) is 1. The van der Waals surface area contributed by atoms with Crippen molar-refractivity contribution in [3.63, 3.8) is 0 Å². The van der Waals surface area contributed by atoms with E-state index in [2.05, 4.69) is 10.1 Å². The van der Waals surface area contributed by atoms with Gasteiger partial charge in [-0.3, -0.25) is 9.89 Å². The minimum Gasteiger partial charge on any atom is -0.870 e. The number of ether oxygens (including phenoxy) is 1. The molecule has 0 unspecified atom stereocenters. The maximum absolute atomic E-state index is 13.4. The van der Waals surface area contributed by atoms with E-state index in [4.69, 9.17) is 16.3 Å². The molecule has 0 saturated carbocycles. The first kappa shape index (κ1) is 20.6. The maximum Gasteiger partial charge on any atom is 0.344 e. The third-order valence-corrected chi connectivity index (χ3v) is 5.38. The molecule has 3 heterocycles. The highest BCUT2D eigenvalue weighted by atomic mass is 35.5. The van der Waals surface area contributed by atoms with Crippen molar-refractivity contribution in [2.45, 2.75) is 6.54 Å². The van der Waals surface area contributed by atoms with Crippen molar-refractivity contribution in [1.82, 2.24) is 14.8 Å². The van der Waals surface area contributed by atoms with Gasteiger partial charge in [0.25, 0.3) is 5.52 Å². The monoisotopic (exact) mass is 434 g/mol. The van der Waals surface area contributed by atoms with Crippen LogP contribution in [0.25, 0.3) is 27.5 Å². The molecule has 3 aromatic heterocycles. The molecule has 0 aliphatic carbocycles. The molecule has 0 amide bonds. The average molecular weight is 435 g/mol. The first-order chi connectivity index (χ1) is 14.6. The predicted molar refractivity (Wildman–Crippen MR) is 118 cm³/mol. The third kappa shape index (κ3) is 3.65. The predicted octanol–water partition coefficient (Wildman–Crippen LogP) is 3.69. The Labute approximate surface area is 182 Å². The van der Waals surface area contributed by atoms with Gasteiger partial charge in [0.1, 0.15) is 16.4 Å². The molecule has 0 spiro atoms. The molecule has 0 aliphatic heterocycles. The van der Waals surface area contributed by atoms with Crippen LogP contribution in [-0.4, -0.2) is 27.4 Å². The molecule has 31 heavy (non-hydrogen) atoms. The SMILES string of the molecule is COc1ccc(C[n+]2cc3ccccc3c3[nH]n(-c4ccc(Cl)nc4)c(=O)c32)cc1.[OH-]. The van der Waals surface area contributed by atoms with Crippen molar-refractivity contribution in [2.24, 2.45) is 0 Å². The van der Waals surface area contributed by atoms with Crippen molar-refractivity contribution >= 4 is 33.4 Å². The molecule has 0 saturated heterocycles. The zero-order valence-corrected chi connectivity index (χ0v) is 17.4. The molecule has 7 nitrogen and oxygen atoms in total. The molecule has 5 aromatic rings. The van der Waals surface area contributed by atoms with Crippen LogP contribution in [0.5, 0.6) is 5.75 Å². The number of nitrogens with zero attached hydrogens (tertiary/aromatic N) is 3. The van der Waals surface area contributed by atoms with Crippen LogP contribution in [0.3, 0.4) is 0 Å². The van der Waals surface area contributed by atoms with Crippen LogP contribution < -0.4 is 14.9 Å². The van der Waals surface area contributed by atoms with Gasteiger partial charge in [-0.05, 0) is 42.5 Å². The minimum atomic E-state index is -0.145. The summed E-state index contributed by atoms with van der Waals surface area (Å²) >= 11 is 5.91. The first-order valence-corrected chi connectivity index (χ1v) is 9.82. The highest BCUT2D eigenvalue weighted by Crippen LogP contribution is 2.21. The van der Waals surface area contributed by atoms with E-state index in [0.717, 1.165) is 27.6 Å². The Hall–Kier alpha value is -3.68. The number of nitrogens with one attached hydrogen (secondary N) is 1. The van der Waals surface area contributed by atoms with Crippen molar-refractivity contribution in [2.75, 3.05) is 7.11 Å². The topological polar surface area (TPSA) is 93.8 Å². The molecule has 156 valence electrons. The van der Waals surface area contributed by atoms with Crippen molar-refractivity contribution in [3.05, 3.63) is 94.1 Å². The lowest BCUT2D eigenvalue weighted by Crippen LogP contribution is -2.38. The number of benzene rings is 2. The molecule has 0 radical (unpaired) electrons. The van der Waals surface area contributed by atoms with Crippen LogP contribution in [0.4, 0.5) is 0 Å². The van der Waals surface area contributed by atoms with Gasteiger partial charge >= 0.3 is 5.56 Å². The van der Waals surface area contributed by atoms with Crippen LogP contribution >= 0.6 is 11.6 Å². The first-order valence-electron chi connectivity index (χ1n) is 9.45. The van der Waals surface area contributed by atoms with Gasteiger partial charge in [0.15, 0.2) is 12.7 Å². The summed E-state index contributed by atoms with van der Waals surface area (Å²) in [5.74, 6) is 0.798. The molecular formula is C23H19ClN4O3. The number of halogens is 1. The van der Waals surface area contributed by atoms with Gasteiger partial charge in [0.05, 0.1) is 19.0 Å². The highest BCUT2D eigenvalue weighted by Gasteiger charge is 2.22. The van der Waals surface area contributed by atoms with E-state index in [-0.39, 0.29) is 11.0 Å². The largest absolute Gasteiger partial charge is 0.870 e. The molecule has 8 heteroatoms. The van der Waals surface area contributed by atoms with Crippen molar-refractivity contribution in [1.29, 1.82) is 0 Å². The summed E-state index contributed by atoms with van der Waals surface area (Å²) in [5.41, 5.74) is 2.92. The molecule has 0 aliphatic rings. The average Bonchev–Trinajstić information content (AvgIpc) is 3.13. The summed E-state index contributed by atoms with van der Waals surface area (Å²) < 4.78 is 8.74. The van der Waals surface area contributed by atoms with E-state index in [1.165, 1.54) is 4.68 Å². The lowest BCUT2D eigenvalue weighted by Gasteiger charge is -2.03. The lowest BCUT2D eigenvalue weighted by atomic mass is 10.1. The zero-order valence-electron chi connectivity index (χ0n) is 16.6. The molecule has 0 atom stereocenters. The molecule has 0 fully saturated rings. The van der Waals surface area contributed by atoms with Gasteiger partial charge in [0.2, 0.25) is 0 Å². The van der Waals surface area contributed by atoms with Gasteiger partial charge in [-0.2, -0.15) is 4.57 Å². The number of methoxy groups -OCH3 is 1. The summed E-state index contributed by atoms with van der Waals surface area (Å²) in [6.45, 7) is 0.553. The second-order valence-corrected chi connectivity index (χ2v) is 7.39. The van der Waals surface area contributed by atoms with E-state index in [1.54, 1.807) is 25.4 Å². The lowest BCUT2D eigenvalue weighted by molar-refractivity contribution is -0.661. The number of hydrogen-bond acceptors (Lipinski definition) is 4. The summed E-state index contributed by atoms with van der Waals surface area (Å²) in [7, 11) is 1.64. The Morgan fingerprint density at radius 2 is 1.87 bits per heavy atom. The zero-order chi connectivity index (χ0) is 20.7. The highest BCUT2D eigenvalue weighted by molar-refractivity contribution is 6.29. The normalized spacial score (nSPS) is 10.9. The van der Waals surface area contributed by atoms with E-state index < -0.39 is 0 Å². The second-order valence-electron chi connectivity index (χ2n) is 7.01. The van der Waals surface area contributed by atoms with Gasteiger partial charge in [0, 0.05) is 16.3 Å². The number of aromatic nitrogens is 4. The van der Waals surface area contributed by atoms with E-state index >= 15 is 0 Å². The smallest absolute Gasteiger partial charge is 0.344 e. The molecule has 5 rings (SSSR count). The fraction of sp³-hybridized carbons (Fsp3) is 0.0870. The van der Waals surface area contributed by atoms with Crippen LogP contribution in [0.1, 0.15) is 5.56 Å². The summed E-state index contributed by atoms with van der Waals surface area (Å²) in [6, 6.07) is 19.3. The number of pyridine rings is 2. The fourth-order valence-corrected chi connectivity index (χ4v) is 3.80. The molecule has 0 bridgehead atoms. The Morgan fingerprint density at radius 3 is 2.58 bits per heavy atom. The second kappa shape index (κ2) is 8.22. The Kier molecular flexibility index (Phi) is 5.46. The van der Waals surface area contributed by atoms with E-state index in [0.29, 0.717) is 22.9 Å². The molecule has 2 aromatic carbocycles. The minimum absolute atomic E-state index is 0. The van der Waals surface area contributed by atoms with E-state index in [1.807, 2.05) is 59.3 Å². The summed E-state index contributed by atoms with van der Waals surface area (Å²) in [4.78, 5) is 17.5. The molecular weight excluding hydrogens is 416 g/mol. The quantitative estimate of drug-likeness (QED) is 0.345.